The second-order valence-corrected chi connectivity index (χ2v) is 14.3. The summed E-state index contributed by atoms with van der Waals surface area (Å²) in [6, 6.07) is 8.97. The Labute approximate surface area is 239 Å². The minimum absolute atomic E-state index is 0.0880. The van der Waals surface area contributed by atoms with Crippen molar-refractivity contribution >= 4 is 38.4 Å². The number of aromatic amines is 1. The number of fused-ring (bicyclic) bond motifs is 2. The Morgan fingerprint density at radius 1 is 1.20 bits per heavy atom. The number of ether oxygens (including phenoxy) is 1. The van der Waals surface area contributed by atoms with Gasteiger partial charge in [0, 0.05) is 24.0 Å². The highest BCUT2D eigenvalue weighted by Gasteiger charge is 2.45. The van der Waals surface area contributed by atoms with Gasteiger partial charge >= 0.3 is 5.97 Å². The van der Waals surface area contributed by atoms with E-state index in [-0.39, 0.29) is 35.4 Å². The molecule has 1 aliphatic heterocycles. The molecule has 2 N–H and O–H groups in total. The number of carbonyl (C=O) groups excluding carboxylic acids is 1. The summed E-state index contributed by atoms with van der Waals surface area (Å²) in [5, 5.41) is 18.1. The molecular formula is C29H36N6O5S. The first-order valence-electron chi connectivity index (χ1n) is 13.9. The maximum Gasteiger partial charge on any atom is 0.308 e. The molecule has 1 aromatic carbocycles. The van der Waals surface area contributed by atoms with Crippen LogP contribution in [0.1, 0.15) is 78.3 Å². The van der Waals surface area contributed by atoms with Crippen molar-refractivity contribution in [2.75, 3.05) is 5.32 Å². The average Bonchev–Trinajstić information content (AvgIpc) is 3.37. The first kappa shape index (κ1) is 28.8. The lowest BCUT2D eigenvalue weighted by atomic mass is 9.85. The number of pyridine rings is 1. The summed E-state index contributed by atoms with van der Waals surface area (Å²) in [4.78, 5) is 28.3. The van der Waals surface area contributed by atoms with E-state index in [0.29, 0.717) is 28.0 Å². The molecule has 12 heteroatoms. The Balaban J connectivity index is 1.45. The molecule has 1 saturated carbocycles. The van der Waals surface area contributed by atoms with E-state index in [4.69, 9.17) is 9.84 Å². The zero-order chi connectivity index (χ0) is 29.7. The minimum atomic E-state index is -3.85. The Hall–Kier alpha value is -3.69. The molecule has 2 aliphatic rings. The summed E-state index contributed by atoms with van der Waals surface area (Å²) in [5.41, 5.74) is -0.219. The highest BCUT2D eigenvalue weighted by Crippen LogP contribution is 2.40. The molecule has 218 valence electrons. The molecule has 41 heavy (non-hydrogen) atoms. The zero-order valence-corrected chi connectivity index (χ0v) is 24.8. The van der Waals surface area contributed by atoms with Crippen LogP contribution in [-0.2, 0) is 26.1 Å². The molecule has 2 atom stereocenters. The fourth-order valence-electron chi connectivity index (χ4n) is 5.88. The van der Waals surface area contributed by atoms with E-state index >= 15 is 0 Å². The van der Waals surface area contributed by atoms with E-state index in [2.05, 4.69) is 16.4 Å². The summed E-state index contributed by atoms with van der Waals surface area (Å²) >= 11 is 0. The Kier molecular flexibility index (Phi) is 7.24. The molecule has 3 heterocycles. The van der Waals surface area contributed by atoms with Gasteiger partial charge in [0.05, 0.1) is 34.9 Å². The summed E-state index contributed by atoms with van der Waals surface area (Å²) in [5.74, 6) is -0.327. The molecular weight excluding hydrogens is 544 g/mol. The van der Waals surface area contributed by atoms with Gasteiger partial charge in [-0.1, -0.05) is 12.8 Å². The Morgan fingerprint density at radius 2 is 1.93 bits per heavy atom. The van der Waals surface area contributed by atoms with Crippen molar-refractivity contribution in [3.63, 3.8) is 0 Å². The minimum Gasteiger partial charge on any atom is -0.460 e. The number of hydrogen-bond acceptors (Lipinski definition) is 8. The van der Waals surface area contributed by atoms with Crippen LogP contribution in [0, 0.1) is 17.2 Å². The van der Waals surface area contributed by atoms with Crippen LogP contribution in [0.5, 0.6) is 0 Å². The van der Waals surface area contributed by atoms with Gasteiger partial charge in [-0.25, -0.2) is 8.42 Å². The molecule has 11 nitrogen and oxygen atoms in total. The molecule has 0 unspecified atom stereocenters. The molecule has 2 aromatic heterocycles. The van der Waals surface area contributed by atoms with E-state index in [0.717, 1.165) is 25.7 Å². The number of rotatable bonds is 6. The molecule has 5 rings (SSSR count). The molecule has 1 aliphatic carbocycles. The highest BCUT2D eigenvalue weighted by atomic mass is 32.2. The first-order chi connectivity index (χ1) is 19.2. The molecule has 0 amide bonds. The summed E-state index contributed by atoms with van der Waals surface area (Å²) in [6.07, 6.45) is 5.03. The van der Waals surface area contributed by atoms with E-state index < -0.39 is 27.1 Å². The summed E-state index contributed by atoms with van der Waals surface area (Å²) in [7, 11) is -3.85. The van der Waals surface area contributed by atoms with Gasteiger partial charge in [0.2, 0.25) is 10.0 Å². The smallest absolute Gasteiger partial charge is 0.308 e. The van der Waals surface area contributed by atoms with Gasteiger partial charge in [-0.3, -0.25) is 14.3 Å². The van der Waals surface area contributed by atoms with Crippen molar-refractivity contribution in [3.8, 4) is 6.07 Å². The van der Waals surface area contributed by atoms with E-state index in [1.807, 2.05) is 0 Å². The molecule has 0 spiro atoms. The third-order valence-corrected chi connectivity index (χ3v) is 9.87. The molecule has 3 aromatic rings. The normalized spacial score (nSPS) is 20.9. The van der Waals surface area contributed by atoms with Crippen LogP contribution in [-0.4, -0.2) is 44.6 Å². The van der Waals surface area contributed by atoms with Crippen molar-refractivity contribution in [3.05, 3.63) is 46.4 Å². The van der Waals surface area contributed by atoms with Crippen molar-refractivity contribution < 1.29 is 17.9 Å². The van der Waals surface area contributed by atoms with Crippen molar-refractivity contribution in [2.45, 2.75) is 95.3 Å². The van der Waals surface area contributed by atoms with Gasteiger partial charge in [-0.15, -0.1) is 0 Å². The lowest BCUT2D eigenvalue weighted by Crippen LogP contribution is -2.46. The number of benzene rings is 1. The van der Waals surface area contributed by atoms with Gasteiger partial charge in [0.1, 0.15) is 11.0 Å². The number of aromatic nitrogens is 3. The number of anilines is 2. The fourth-order valence-corrected chi connectivity index (χ4v) is 7.84. The number of sulfonamides is 1. The van der Waals surface area contributed by atoms with Crippen LogP contribution in [0.25, 0.3) is 10.9 Å². The first-order valence-corrected chi connectivity index (χ1v) is 15.3. The second-order valence-electron chi connectivity index (χ2n) is 12.5. The highest BCUT2D eigenvalue weighted by molar-refractivity contribution is 7.89. The van der Waals surface area contributed by atoms with Gasteiger partial charge in [-0.2, -0.15) is 14.7 Å². The third-order valence-electron chi connectivity index (χ3n) is 7.72. The van der Waals surface area contributed by atoms with Gasteiger partial charge in [-0.05, 0) is 77.3 Å². The summed E-state index contributed by atoms with van der Waals surface area (Å²) < 4.78 is 35.5. The van der Waals surface area contributed by atoms with Crippen molar-refractivity contribution in [1.29, 1.82) is 5.26 Å². The number of esters is 1. The lowest BCUT2D eigenvalue weighted by molar-refractivity contribution is -0.157. The lowest BCUT2D eigenvalue weighted by Gasteiger charge is -2.34. The number of H-pyrrole nitrogens is 1. The molecule has 0 saturated heterocycles. The van der Waals surface area contributed by atoms with Gasteiger partial charge < -0.3 is 15.0 Å². The van der Waals surface area contributed by atoms with Gasteiger partial charge in [0.25, 0.3) is 5.56 Å². The Morgan fingerprint density at radius 3 is 2.63 bits per heavy atom. The van der Waals surface area contributed by atoms with Crippen LogP contribution in [0.4, 0.5) is 11.5 Å². The zero-order valence-electron chi connectivity index (χ0n) is 24.0. The number of carbonyl (C=O) groups is 1. The van der Waals surface area contributed by atoms with Crippen LogP contribution in [0.3, 0.4) is 0 Å². The largest absolute Gasteiger partial charge is 0.460 e. The number of hydrogen-bond donors (Lipinski definition) is 2. The second kappa shape index (κ2) is 10.3. The molecule has 0 bridgehead atoms. The van der Waals surface area contributed by atoms with E-state index in [9.17, 15) is 23.3 Å². The predicted octanol–water partition coefficient (Wildman–Crippen LogP) is 4.74. The topological polar surface area (TPSA) is 150 Å². The average molecular weight is 581 g/mol. The standard InChI is InChI=1S/C29H36N6O5S/c1-28(2,3)40-24(36)15-29(4,5)34-17-19-14-20(10-11-23(19)41(34,38)39)32-26-25-22(12-13-31-27(25)37)35(33-26)21-9-7-6-8-18(21)16-30/h10-14,18,21H,6-9,15,17H2,1-5H3,(H,31,37)(H,32,33)/t18-,21+/m1/s1. The van der Waals surface area contributed by atoms with Gasteiger partial charge in [0.15, 0.2) is 5.82 Å². The van der Waals surface area contributed by atoms with E-state index in [1.54, 1.807) is 63.7 Å². The monoisotopic (exact) mass is 580 g/mol. The SMILES string of the molecule is CC(C)(C)OC(=O)CC(C)(C)N1Cc2cc(Nc3nn([C@H]4CCCC[C@@H]4C#N)c4cc[nH]c(=O)c34)ccc2S1(=O)=O. The van der Waals surface area contributed by atoms with Crippen LogP contribution < -0.4 is 10.9 Å². The predicted molar refractivity (Wildman–Crippen MR) is 154 cm³/mol. The van der Waals surface area contributed by atoms with Crippen LogP contribution >= 0.6 is 0 Å². The van der Waals surface area contributed by atoms with Crippen LogP contribution in [0.2, 0.25) is 0 Å². The van der Waals surface area contributed by atoms with E-state index in [1.165, 1.54) is 10.4 Å². The van der Waals surface area contributed by atoms with Crippen molar-refractivity contribution in [2.24, 2.45) is 5.92 Å². The Bertz CT molecular complexity index is 1710. The molecule has 1 fully saturated rings. The fraction of sp³-hybridized carbons (Fsp3) is 0.517. The maximum atomic E-state index is 13.5. The maximum absolute atomic E-state index is 13.5. The van der Waals surface area contributed by atoms with Crippen LogP contribution in [0.15, 0.2) is 40.2 Å². The third kappa shape index (κ3) is 5.48. The number of nitrogens with zero attached hydrogens (tertiary/aromatic N) is 4. The quantitative estimate of drug-likeness (QED) is 0.397. The van der Waals surface area contributed by atoms with Crippen molar-refractivity contribution in [1.82, 2.24) is 19.1 Å². The summed E-state index contributed by atoms with van der Waals surface area (Å²) in [6.45, 7) is 8.82. The number of nitrogens with one attached hydrogen (secondary N) is 2. The molecule has 0 radical (unpaired) electrons. The number of nitriles is 1.